The molecule has 0 radical (unpaired) electrons. The van der Waals surface area contributed by atoms with Gasteiger partial charge in [-0.05, 0) is 62.5 Å². The van der Waals surface area contributed by atoms with Crippen LogP contribution in [0.3, 0.4) is 0 Å². The Balaban J connectivity index is 0.00000306. The first-order valence-corrected chi connectivity index (χ1v) is 10.6. The molecule has 0 aliphatic rings. The fourth-order valence-electron chi connectivity index (χ4n) is 3.88. The first kappa shape index (κ1) is 24.5. The minimum atomic E-state index is 0. The highest BCUT2D eigenvalue weighted by Gasteiger charge is 2.18. The van der Waals surface area contributed by atoms with Crippen LogP contribution in [0.1, 0.15) is 23.5 Å². The van der Waals surface area contributed by atoms with Crippen molar-refractivity contribution >= 4 is 23.4 Å². The molecule has 0 N–H and O–H groups in total. The van der Waals surface area contributed by atoms with Crippen molar-refractivity contribution in [3.63, 3.8) is 0 Å². The SMILES string of the molecule is COc1cc(OC)cc(C(CCN(C)C)c2ccc3ncc(-c4cnn(C)c4)nc3c2)c1.Cl. The average Bonchev–Trinajstić information content (AvgIpc) is 3.24. The van der Waals surface area contributed by atoms with Gasteiger partial charge in [0, 0.05) is 30.8 Å². The van der Waals surface area contributed by atoms with Gasteiger partial charge in [-0.1, -0.05) is 6.07 Å². The monoisotopic (exact) mass is 467 g/mol. The molecule has 4 aromatic rings. The molecule has 8 heteroatoms. The standard InChI is InChI=1S/C25H29N5O2.ClH/c1-29(2)9-8-22(18-10-20(31-4)13-21(11-18)32-5)17-6-7-23-24(12-17)28-25(15-26-23)19-14-27-30(3)16-19;/h6-7,10-16,22H,8-9H2,1-5H3;1H. The lowest BCUT2D eigenvalue weighted by Gasteiger charge is -2.22. The van der Waals surface area contributed by atoms with Gasteiger partial charge < -0.3 is 14.4 Å². The summed E-state index contributed by atoms with van der Waals surface area (Å²) in [7, 11) is 9.44. The van der Waals surface area contributed by atoms with Crippen LogP contribution in [0.5, 0.6) is 11.5 Å². The number of aromatic nitrogens is 4. The van der Waals surface area contributed by atoms with Gasteiger partial charge in [0.05, 0.1) is 43.3 Å². The number of hydrogen-bond acceptors (Lipinski definition) is 6. The number of rotatable bonds is 8. The molecule has 7 nitrogen and oxygen atoms in total. The Bertz CT molecular complexity index is 1200. The second-order valence-corrected chi connectivity index (χ2v) is 8.20. The summed E-state index contributed by atoms with van der Waals surface area (Å²) in [5.41, 5.74) is 5.85. The zero-order valence-corrected chi connectivity index (χ0v) is 20.5. The lowest BCUT2D eigenvalue weighted by Crippen LogP contribution is -2.16. The van der Waals surface area contributed by atoms with Crippen LogP contribution in [-0.2, 0) is 7.05 Å². The molecule has 2 aromatic heterocycles. The van der Waals surface area contributed by atoms with Crippen LogP contribution >= 0.6 is 12.4 Å². The maximum atomic E-state index is 5.53. The molecule has 0 bridgehead atoms. The molecule has 0 amide bonds. The van der Waals surface area contributed by atoms with Crippen LogP contribution in [0, 0.1) is 0 Å². The molecule has 0 spiro atoms. The average molecular weight is 468 g/mol. The maximum Gasteiger partial charge on any atom is 0.122 e. The Kier molecular flexibility index (Phi) is 7.89. The van der Waals surface area contributed by atoms with Gasteiger partial charge in [0.15, 0.2) is 0 Å². The third-order valence-electron chi connectivity index (χ3n) is 5.61. The fourth-order valence-corrected chi connectivity index (χ4v) is 3.88. The van der Waals surface area contributed by atoms with Crippen LogP contribution in [0.4, 0.5) is 0 Å². The molecule has 2 heterocycles. The summed E-state index contributed by atoms with van der Waals surface area (Å²) in [6.45, 7) is 0.948. The number of nitrogens with zero attached hydrogens (tertiary/aromatic N) is 5. The summed E-state index contributed by atoms with van der Waals surface area (Å²) in [5, 5.41) is 4.25. The van der Waals surface area contributed by atoms with E-state index in [1.54, 1.807) is 25.1 Å². The van der Waals surface area contributed by atoms with E-state index < -0.39 is 0 Å². The van der Waals surface area contributed by atoms with Gasteiger partial charge >= 0.3 is 0 Å². The summed E-state index contributed by atoms with van der Waals surface area (Å²) in [4.78, 5) is 11.7. The van der Waals surface area contributed by atoms with Crippen molar-refractivity contribution in [1.82, 2.24) is 24.6 Å². The van der Waals surface area contributed by atoms with E-state index in [4.69, 9.17) is 14.5 Å². The Morgan fingerprint density at radius 1 is 0.939 bits per heavy atom. The number of halogens is 1. The summed E-state index contributed by atoms with van der Waals surface area (Å²) in [6.07, 6.45) is 6.50. The lowest BCUT2D eigenvalue weighted by atomic mass is 9.87. The van der Waals surface area contributed by atoms with Crippen molar-refractivity contribution in [3.05, 3.63) is 66.1 Å². The van der Waals surface area contributed by atoms with E-state index in [1.165, 1.54) is 5.56 Å². The fraction of sp³-hybridized carbons (Fsp3) is 0.320. The highest BCUT2D eigenvalue weighted by molar-refractivity contribution is 5.85. The summed E-state index contributed by atoms with van der Waals surface area (Å²) in [6, 6.07) is 12.4. The first-order valence-electron chi connectivity index (χ1n) is 10.6. The Morgan fingerprint density at radius 3 is 2.27 bits per heavy atom. The third kappa shape index (κ3) is 5.61. The molecule has 0 saturated heterocycles. The highest BCUT2D eigenvalue weighted by Crippen LogP contribution is 2.35. The van der Waals surface area contributed by atoms with Crippen molar-refractivity contribution in [2.45, 2.75) is 12.3 Å². The highest BCUT2D eigenvalue weighted by atomic mass is 35.5. The number of hydrogen-bond donors (Lipinski definition) is 0. The Labute approximate surface area is 200 Å². The lowest BCUT2D eigenvalue weighted by molar-refractivity contribution is 0.384. The van der Waals surface area contributed by atoms with Gasteiger partial charge in [-0.3, -0.25) is 9.67 Å². The van der Waals surface area contributed by atoms with E-state index in [-0.39, 0.29) is 18.3 Å². The number of methoxy groups -OCH3 is 2. The summed E-state index contributed by atoms with van der Waals surface area (Å²) in [5.74, 6) is 1.73. The maximum absolute atomic E-state index is 5.53. The molecular weight excluding hydrogens is 438 g/mol. The van der Waals surface area contributed by atoms with E-state index in [9.17, 15) is 0 Å². The van der Waals surface area contributed by atoms with Gasteiger partial charge in [0.25, 0.3) is 0 Å². The zero-order chi connectivity index (χ0) is 22.7. The van der Waals surface area contributed by atoms with Gasteiger partial charge in [0.1, 0.15) is 11.5 Å². The summed E-state index contributed by atoms with van der Waals surface area (Å²) >= 11 is 0. The van der Waals surface area contributed by atoms with Crippen LogP contribution in [-0.4, -0.2) is 59.5 Å². The Hall–Kier alpha value is -3.16. The predicted octanol–water partition coefficient (Wildman–Crippen LogP) is 4.55. The van der Waals surface area contributed by atoms with Crippen molar-refractivity contribution in [1.29, 1.82) is 0 Å². The molecule has 1 unspecified atom stereocenters. The first-order chi connectivity index (χ1) is 15.5. The topological polar surface area (TPSA) is 65.3 Å². The van der Waals surface area contributed by atoms with Crippen molar-refractivity contribution < 1.29 is 9.47 Å². The molecule has 33 heavy (non-hydrogen) atoms. The predicted molar refractivity (Wildman–Crippen MR) is 134 cm³/mol. The molecule has 0 aliphatic heterocycles. The number of aryl methyl sites for hydroxylation is 1. The van der Waals surface area contributed by atoms with Crippen LogP contribution in [0.2, 0.25) is 0 Å². The van der Waals surface area contributed by atoms with Crippen molar-refractivity contribution in [2.24, 2.45) is 7.05 Å². The van der Waals surface area contributed by atoms with E-state index in [0.717, 1.165) is 52.3 Å². The second kappa shape index (κ2) is 10.6. The summed E-state index contributed by atoms with van der Waals surface area (Å²) < 4.78 is 12.8. The minimum Gasteiger partial charge on any atom is -0.497 e. The normalized spacial score (nSPS) is 11.9. The molecule has 2 aromatic carbocycles. The van der Waals surface area contributed by atoms with Gasteiger partial charge in [-0.25, -0.2) is 4.98 Å². The van der Waals surface area contributed by atoms with Gasteiger partial charge in [-0.15, -0.1) is 12.4 Å². The zero-order valence-electron chi connectivity index (χ0n) is 19.6. The third-order valence-corrected chi connectivity index (χ3v) is 5.61. The van der Waals surface area contributed by atoms with E-state index >= 15 is 0 Å². The quantitative estimate of drug-likeness (QED) is 0.378. The van der Waals surface area contributed by atoms with E-state index in [0.29, 0.717) is 0 Å². The molecule has 0 fully saturated rings. The van der Waals surface area contributed by atoms with Crippen molar-refractivity contribution in [3.8, 4) is 22.8 Å². The molecule has 0 aliphatic carbocycles. The van der Waals surface area contributed by atoms with E-state index in [1.807, 2.05) is 31.6 Å². The second-order valence-electron chi connectivity index (χ2n) is 8.20. The van der Waals surface area contributed by atoms with Crippen LogP contribution in [0.25, 0.3) is 22.3 Å². The smallest absolute Gasteiger partial charge is 0.122 e. The molecule has 174 valence electrons. The number of benzene rings is 2. The number of ether oxygens (including phenoxy) is 2. The molecule has 4 rings (SSSR count). The van der Waals surface area contributed by atoms with Gasteiger partial charge in [0.2, 0.25) is 0 Å². The number of fused-ring (bicyclic) bond motifs is 1. The minimum absolute atomic E-state index is 0. The molecule has 0 saturated carbocycles. The Morgan fingerprint density at radius 2 is 1.67 bits per heavy atom. The van der Waals surface area contributed by atoms with Crippen LogP contribution < -0.4 is 9.47 Å². The van der Waals surface area contributed by atoms with Crippen molar-refractivity contribution in [2.75, 3.05) is 34.9 Å². The molecular formula is C25H30ClN5O2. The van der Waals surface area contributed by atoms with E-state index in [2.05, 4.69) is 53.3 Å². The largest absolute Gasteiger partial charge is 0.497 e. The van der Waals surface area contributed by atoms with Gasteiger partial charge in [-0.2, -0.15) is 5.10 Å². The van der Waals surface area contributed by atoms with Crippen LogP contribution in [0.15, 0.2) is 55.0 Å². The molecule has 1 atom stereocenters.